The summed E-state index contributed by atoms with van der Waals surface area (Å²) in [6.45, 7) is 1.39. The molecule has 0 unspecified atom stereocenters. The molecule has 0 amide bonds. The van der Waals surface area contributed by atoms with E-state index in [-0.39, 0.29) is 29.1 Å². The van der Waals surface area contributed by atoms with Crippen LogP contribution in [0.5, 0.6) is 17.2 Å². The van der Waals surface area contributed by atoms with Crippen LogP contribution in [-0.4, -0.2) is 29.4 Å². The minimum atomic E-state index is -0.811. The molecule has 0 aliphatic heterocycles. The van der Waals surface area contributed by atoms with Crippen molar-refractivity contribution in [1.29, 1.82) is 0 Å². The van der Waals surface area contributed by atoms with Crippen LogP contribution < -0.4 is 15.1 Å². The molecule has 0 bridgehead atoms. The molecule has 0 saturated heterocycles. The molecule has 0 aliphatic rings. The Morgan fingerprint density at radius 2 is 2.14 bits per heavy atom. The molecule has 0 radical (unpaired) electrons. The number of aliphatic hydroxyl groups excluding tert-OH is 1. The van der Waals surface area contributed by atoms with Gasteiger partial charge in [0, 0.05) is 0 Å². The topological polar surface area (TPSA) is 106 Å². The Balaban J connectivity index is 2.59. The molecule has 0 spiro atoms. The van der Waals surface area contributed by atoms with Crippen molar-refractivity contribution in [1.82, 2.24) is 0 Å². The molecule has 1 aromatic carbocycles. The molecule has 0 saturated carbocycles. The Labute approximate surface area is 118 Å². The van der Waals surface area contributed by atoms with Crippen LogP contribution in [0.2, 0.25) is 0 Å². The Morgan fingerprint density at radius 3 is 2.81 bits per heavy atom. The number of ether oxygens (including phenoxy) is 2. The monoisotopic (exact) mass is 292 g/mol. The van der Waals surface area contributed by atoms with Gasteiger partial charge < -0.3 is 24.1 Å². The number of aromatic hydroxyl groups is 1. The van der Waals surface area contributed by atoms with E-state index >= 15 is 0 Å². The van der Waals surface area contributed by atoms with Gasteiger partial charge in [-0.05, 0) is 19.1 Å². The normalized spacial score (nSPS) is 10.1. The van der Waals surface area contributed by atoms with E-state index in [1.54, 1.807) is 6.92 Å². The highest BCUT2D eigenvalue weighted by Crippen LogP contribution is 2.37. The number of hydrogen-bond acceptors (Lipinski definition) is 7. The molecular formula is C14H12O7. The number of benzene rings is 1. The second-order valence-corrected chi connectivity index (χ2v) is 3.97. The lowest BCUT2D eigenvalue weighted by atomic mass is 10.2. The number of carbonyl (C=O) groups excluding carboxylic acids is 1. The molecule has 21 heavy (non-hydrogen) atoms. The summed E-state index contributed by atoms with van der Waals surface area (Å²) in [4.78, 5) is 21.9. The van der Waals surface area contributed by atoms with Gasteiger partial charge in [-0.3, -0.25) is 0 Å². The molecule has 7 nitrogen and oxygen atoms in total. The van der Waals surface area contributed by atoms with Crippen LogP contribution in [-0.2, 0) is 4.79 Å². The van der Waals surface area contributed by atoms with Crippen molar-refractivity contribution < 1.29 is 28.9 Å². The van der Waals surface area contributed by atoms with Crippen molar-refractivity contribution in [3.8, 4) is 17.2 Å². The largest absolute Gasteiger partial charge is 0.503 e. The predicted molar refractivity (Wildman–Crippen MR) is 72.6 cm³/mol. The zero-order chi connectivity index (χ0) is 15.4. The summed E-state index contributed by atoms with van der Waals surface area (Å²) in [5, 5.41) is 19.3. The van der Waals surface area contributed by atoms with E-state index in [0.717, 1.165) is 0 Å². The first-order valence-electron chi connectivity index (χ1n) is 6.05. The van der Waals surface area contributed by atoms with Gasteiger partial charge in [-0.1, -0.05) is 6.07 Å². The van der Waals surface area contributed by atoms with Gasteiger partial charge in [0.25, 0.3) is 0 Å². The van der Waals surface area contributed by atoms with Crippen LogP contribution >= 0.6 is 0 Å². The van der Waals surface area contributed by atoms with Gasteiger partial charge in [-0.15, -0.1) is 0 Å². The first-order chi connectivity index (χ1) is 10.1. The lowest BCUT2D eigenvalue weighted by Gasteiger charge is -2.11. The maximum Gasteiger partial charge on any atom is 0.383 e. The van der Waals surface area contributed by atoms with Gasteiger partial charge in [-0.25, -0.2) is 9.59 Å². The summed E-state index contributed by atoms with van der Waals surface area (Å²) in [6, 6.07) is 4.48. The van der Waals surface area contributed by atoms with Gasteiger partial charge in [0.1, 0.15) is 16.7 Å². The summed E-state index contributed by atoms with van der Waals surface area (Å²) in [5.74, 6) is 0.0205. The third kappa shape index (κ3) is 2.82. The number of hydrogen-bond donors (Lipinski definition) is 2. The Morgan fingerprint density at radius 1 is 1.38 bits per heavy atom. The summed E-state index contributed by atoms with van der Waals surface area (Å²) in [5.41, 5.74) is -0.720. The van der Waals surface area contributed by atoms with Crippen molar-refractivity contribution in [2.45, 2.75) is 6.92 Å². The van der Waals surface area contributed by atoms with Crippen LogP contribution in [0.4, 0.5) is 0 Å². The minimum Gasteiger partial charge on any atom is -0.503 e. The minimum absolute atomic E-state index is 0.0908. The summed E-state index contributed by atoms with van der Waals surface area (Å²) >= 11 is 0. The van der Waals surface area contributed by atoms with Gasteiger partial charge in [-0.2, -0.15) is 0 Å². The predicted octanol–water partition coefficient (Wildman–Crippen LogP) is 1.55. The molecule has 1 aromatic heterocycles. The maximum absolute atomic E-state index is 11.7. The summed E-state index contributed by atoms with van der Waals surface area (Å²) < 4.78 is 15.3. The second-order valence-electron chi connectivity index (χ2n) is 3.97. The average Bonchev–Trinajstić information content (AvgIpc) is 2.48. The lowest BCUT2D eigenvalue weighted by Crippen LogP contribution is -2.08. The molecule has 1 heterocycles. The summed E-state index contributed by atoms with van der Waals surface area (Å²) in [7, 11) is 0. The summed E-state index contributed by atoms with van der Waals surface area (Å²) in [6.07, 6.45) is 0. The molecule has 0 aliphatic carbocycles. The van der Waals surface area contributed by atoms with Crippen LogP contribution in [0.3, 0.4) is 0 Å². The van der Waals surface area contributed by atoms with Crippen molar-refractivity contribution in [3.63, 3.8) is 0 Å². The number of fused-ring (bicyclic) bond motifs is 1. The molecule has 0 fully saturated rings. The van der Waals surface area contributed by atoms with E-state index in [9.17, 15) is 14.7 Å². The quantitative estimate of drug-likeness (QED) is 0.489. The van der Waals surface area contributed by atoms with Crippen molar-refractivity contribution in [3.05, 3.63) is 34.4 Å². The van der Waals surface area contributed by atoms with E-state index < -0.39 is 23.7 Å². The van der Waals surface area contributed by atoms with Crippen molar-refractivity contribution in [2.24, 2.45) is 0 Å². The van der Waals surface area contributed by atoms with E-state index in [0.29, 0.717) is 0 Å². The highest BCUT2D eigenvalue weighted by molar-refractivity contribution is 5.91. The standard InChI is InChI=1S/C14H12O7/c1-2-19-13-12(17)11-9(20-7-8(16)6-15)4-3-5-10(11)21-14(13)18/h3-5,16-17H,2,7H2,1H3. The smallest absolute Gasteiger partial charge is 0.383 e. The van der Waals surface area contributed by atoms with Gasteiger partial charge in [0.05, 0.1) is 6.61 Å². The van der Waals surface area contributed by atoms with Crippen LogP contribution in [0, 0.1) is 0 Å². The molecule has 0 atom stereocenters. The first-order valence-corrected chi connectivity index (χ1v) is 6.05. The van der Waals surface area contributed by atoms with E-state index in [1.807, 2.05) is 0 Å². The van der Waals surface area contributed by atoms with Crippen molar-refractivity contribution >= 4 is 16.9 Å². The SMILES string of the molecule is CCOc1c(O)c2c(OCC(O)=C=O)cccc2oc1=O. The highest BCUT2D eigenvalue weighted by atomic mass is 16.5. The molecule has 2 aromatic rings. The fourth-order valence-corrected chi connectivity index (χ4v) is 1.75. The van der Waals surface area contributed by atoms with Crippen LogP contribution in [0.1, 0.15) is 6.92 Å². The molecule has 7 heteroatoms. The molecule has 110 valence electrons. The van der Waals surface area contributed by atoms with Gasteiger partial charge >= 0.3 is 5.63 Å². The van der Waals surface area contributed by atoms with Gasteiger partial charge in [0.15, 0.2) is 18.3 Å². The van der Waals surface area contributed by atoms with Crippen molar-refractivity contribution in [2.75, 3.05) is 13.2 Å². The first kappa shape index (κ1) is 14.5. The fourth-order valence-electron chi connectivity index (χ4n) is 1.75. The third-order valence-corrected chi connectivity index (χ3v) is 2.60. The second kappa shape index (κ2) is 6.02. The van der Waals surface area contributed by atoms with Crippen LogP contribution in [0.15, 0.2) is 33.2 Å². The maximum atomic E-state index is 11.7. The van der Waals surface area contributed by atoms with E-state index in [2.05, 4.69) is 0 Å². The van der Waals surface area contributed by atoms with Gasteiger partial charge in [0.2, 0.25) is 11.5 Å². The zero-order valence-electron chi connectivity index (χ0n) is 11.1. The Kier molecular flexibility index (Phi) is 4.15. The lowest BCUT2D eigenvalue weighted by molar-refractivity contribution is 0.273. The number of rotatable bonds is 5. The van der Waals surface area contributed by atoms with E-state index in [4.69, 9.17) is 19.0 Å². The average molecular weight is 292 g/mol. The third-order valence-electron chi connectivity index (χ3n) is 2.60. The fraction of sp³-hybridized carbons (Fsp3) is 0.214. The zero-order valence-corrected chi connectivity index (χ0v) is 11.1. The Bertz CT molecular complexity index is 769. The Hall–Kier alpha value is -2.92. The highest BCUT2D eigenvalue weighted by Gasteiger charge is 2.18. The molecular weight excluding hydrogens is 280 g/mol. The van der Waals surface area contributed by atoms with Crippen LogP contribution in [0.25, 0.3) is 11.0 Å². The molecule has 2 rings (SSSR count). The molecule has 2 N–H and O–H groups in total. The van der Waals surface area contributed by atoms with E-state index in [1.165, 1.54) is 24.1 Å². The number of aliphatic hydroxyl groups is 1.